The fourth-order valence-electron chi connectivity index (χ4n) is 2.88. The molecule has 7 heteroatoms. The van der Waals surface area contributed by atoms with Gasteiger partial charge in [0.05, 0.1) is 13.5 Å². The first-order valence-corrected chi connectivity index (χ1v) is 8.98. The molecule has 1 N–H and O–H groups in total. The molecule has 0 saturated carbocycles. The van der Waals surface area contributed by atoms with Crippen molar-refractivity contribution in [2.75, 3.05) is 7.11 Å². The van der Waals surface area contributed by atoms with Gasteiger partial charge in [0.25, 0.3) is 0 Å². The molecule has 27 heavy (non-hydrogen) atoms. The number of carboxylic acids is 1. The molecule has 1 atom stereocenters. The maximum atomic E-state index is 14.4. The number of ether oxygens (including phenoxy) is 1. The maximum absolute atomic E-state index is 14.4. The van der Waals surface area contributed by atoms with E-state index in [1.165, 1.54) is 18.4 Å². The second-order valence-corrected chi connectivity index (χ2v) is 7.32. The maximum Gasteiger partial charge on any atom is 0.304 e. The number of carboxylic acid groups (broad SMARTS) is 1. The van der Waals surface area contributed by atoms with Crippen LogP contribution in [0.4, 0.5) is 8.78 Å². The van der Waals surface area contributed by atoms with Gasteiger partial charge in [-0.25, -0.2) is 13.8 Å². The van der Waals surface area contributed by atoms with E-state index in [4.69, 9.17) is 4.74 Å². The number of hydrogen-bond acceptors (Lipinski definition) is 4. The molecule has 3 rings (SSSR count). The predicted molar refractivity (Wildman–Crippen MR) is 99.3 cm³/mol. The zero-order valence-electron chi connectivity index (χ0n) is 14.7. The van der Waals surface area contributed by atoms with Crippen LogP contribution in [-0.4, -0.2) is 23.2 Å². The van der Waals surface area contributed by atoms with Gasteiger partial charge in [0.15, 0.2) is 11.6 Å². The third-order valence-electron chi connectivity index (χ3n) is 4.16. The van der Waals surface area contributed by atoms with E-state index in [0.29, 0.717) is 16.1 Å². The quantitative estimate of drug-likeness (QED) is 0.644. The average molecular weight is 389 g/mol. The molecule has 0 aliphatic carbocycles. The van der Waals surface area contributed by atoms with Gasteiger partial charge < -0.3 is 9.84 Å². The Morgan fingerprint density at radius 3 is 2.67 bits per heavy atom. The van der Waals surface area contributed by atoms with Gasteiger partial charge in [-0.15, -0.1) is 11.3 Å². The smallest absolute Gasteiger partial charge is 0.304 e. The molecule has 0 bridgehead atoms. The van der Waals surface area contributed by atoms with Crippen molar-refractivity contribution in [1.82, 2.24) is 4.98 Å². The zero-order valence-corrected chi connectivity index (χ0v) is 15.5. The third kappa shape index (κ3) is 4.14. The number of halogens is 2. The Hall–Kier alpha value is -2.80. The molecule has 3 aromatic rings. The van der Waals surface area contributed by atoms with Crippen molar-refractivity contribution in [3.8, 4) is 16.9 Å². The van der Waals surface area contributed by atoms with E-state index in [2.05, 4.69) is 4.98 Å². The van der Waals surface area contributed by atoms with Crippen LogP contribution < -0.4 is 4.74 Å². The number of aliphatic carboxylic acids is 1. The number of aryl methyl sites for hydroxylation is 1. The molecule has 0 aliphatic rings. The van der Waals surface area contributed by atoms with Gasteiger partial charge in [-0.05, 0) is 24.1 Å². The molecule has 0 amide bonds. The molecule has 0 spiro atoms. The summed E-state index contributed by atoms with van der Waals surface area (Å²) in [4.78, 5) is 16.6. The van der Waals surface area contributed by atoms with Crippen molar-refractivity contribution in [2.24, 2.45) is 0 Å². The molecule has 2 aromatic carbocycles. The van der Waals surface area contributed by atoms with Gasteiger partial charge >= 0.3 is 5.97 Å². The van der Waals surface area contributed by atoms with E-state index < -0.39 is 23.5 Å². The Bertz CT molecular complexity index is 987. The van der Waals surface area contributed by atoms with Crippen LogP contribution in [0.2, 0.25) is 0 Å². The highest BCUT2D eigenvalue weighted by atomic mass is 32.1. The molecule has 0 aliphatic heterocycles. The number of thiazole rings is 1. The lowest BCUT2D eigenvalue weighted by Crippen LogP contribution is -2.08. The minimum Gasteiger partial charge on any atom is -0.494 e. The van der Waals surface area contributed by atoms with E-state index in [0.717, 1.165) is 17.0 Å². The highest BCUT2D eigenvalue weighted by Crippen LogP contribution is 2.35. The number of carbonyl (C=O) groups is 1. The standard InChI is InChI=1S/C20H17F2NO3S/c1-11-10-23-20(27-11)15(8-19(24)25)13-5-3-4-12(6-13)14-7-17(22)18(26-2)9-16(14)21/h3-7,9-10,15H,8H2,1-2H3,(H,24,25). The second kappa shape index (κ2) is 7.84. The number of aromatic nitrogens is 1. The SMILES string of the molecule is COc1cc(F)c(-c2cccc(C(CC(=O)O)c3ncc(C)s3)c2)cc1F. The summed E-state index contributed by atoms with van der Waals surface area (Å²) in [6, 6.07) is 8.86. The normalized spacial score (nSPS) is 12.0. The van der Waals surface area contributed by atoms with Gasteiger partial charge in [-0.1, -0.05) is 24.3 Å². The minimum absolute atomic E-state index is 0.0829. The number of rotatable bonds is 6. The number of benzene rings is 2. The summed E-state index contributed by atoms with van der Waals surface area (Å²) >= 11 is 1.42. The second-order valence-electron chi connectivity index (χ2n) is 6.05. The topological polar surface area (TPSA) is 59.4 Å². The summed E-state index contributed by atoms with van der Waals surface area (Å²) in [6.45, 7) is 1.89. The van der Waals surface area contributed by atoms with Crippen molar-refractivity contribution in [3.05, 3.63) is 69.7 Å². The molecular formula is C20H17F2NO3S. The van der Waals surface area contributed by atoms with Crippen molar-refractivity contribution in [3.63, 3.8) is 0 Å². The van der Waals surface area contributed by atoms with Crippen LogP contribution in [0.1, 0.15) is 27.8 Å². The number of hydrogen-bond donors (Lipinski definition) is 1. The molecule has 1 aromatic heterocycles. The van der Waals surface area contributed by atoms with Crippen LogP contribution in [0, 0.1) is 18.6 Å². The predicted octanol–water partition coefficient (Wildman–Crippen LogP) is 5.01. The lowest BCUT2D eigenvalue weighted by molar-refractivity contribution is -0.137. The Kier molecular flexibility index (Phi) is 5.51. The van der Waals surface area contributed by atoms with E-state index in [-0.39, 0.29) is 17.7 Å². The van der Waals surface area contributed by atoms with Gasteiger partial charge in [0, 0.05) is 28.6 Å². The van der Waals surface area contributed by atoms with Gasteiger partial charge in [-0.2, -0.15) is 0 Å². The minimum atomic E-state index is -0.958. The van der Waals surface area contributed by atoms with Crippen LogP contribution in [0.5, 0.6) is 5.75 Å². The molecule has 140 valence electrons. The first-order chi connectivity index (χ1) is 12.9. The van der Waals surface area contributed by atoms with E-state index in [1.54, 1.807) is 30.5 Å². The lowest BCUT2D eigenvalue weighted by atomic mass is 9.93. The molecule has 0 saturated heterocycles. The molecule has 1 unspecified atom stereocenters. The summed E-state index contributed by atoms with van der Waals surface area (Å²) < 4.78 is 33.3. The van der Waals surface area contributed by atoms with Gasteiger partial charge in [0.1, 0.15) is 10.8 Å². The van der Waals surface area contributed by atoms with Crippen molar-refractivity contribution < 1.29 is 23.4 Å². The Labute approximate surface area is 159 Å². The molecule has 0 radical (unpaired) electrons. The van der Waals surface area contributed by atoms with E-state index in [9.17, 15) is 18.7 Å². The van der Waals surface area contributed by atoms with Crippen molar-refractivity contribution in [1.29, 1.82) is 0 Å². The lowest BCUT2D eigenvalue weighted by Gasteiger charge is -2.15. The van der Waals surface area contributed by atoms with E-state index >= 15 is 0 Å². The van der Waals surface area contributed by atoms with Crippen LogP contribution in [0.3, 0.4) is 0 Å². The summed E-state index contributed by atoms with van der Waals surface area (Å²) in [5.74, 6) is -2.89. The third-order valence-corrected chi connectivity index (χ3v) is 5.18. The summed E-state index contributed by atoms with van der Waals surface area (Å²) in [5.41, 5.74) is 1.22. The first-order valence-electron chi connectivity index (χ1n) is 8.16. The van der Waals surface area contributed by atoms with Gasteiger partial charge in [-0.3, -0.25) is 4.79 Å². The fourth-order valence-corrected chi connectivity index (χ4v) is 3.79. The molecule has 1 heterocycles. The number of methoxy groups -OCH3 is 1. The molecule has 4 nitrogen and oxygen atoms in total. The first kappa shape index (κ1) is 19.0. The fraction of sp³-hybridized carbons (Fsp3) is 0.200. The monoisotopic (exact) mass is 389 g/mol. The molecular weight excluding hydrogens is 372 g/mol. The van der Waals surface area contributed by atoms with Crippen molar-refractivity contribution in [2.45, 2.75) is 19.3 Å². The summed E-state index contributed by atoms with van der Waals surface area (Å²) in [6.07, 6.45) is 1.55. The summed E-state index contributed by atoms with van der Waals surface area (Å²) in [7, 11) is 1.27. The average Bonchev–Trinajstić information content (AvgIpc) is 3.07. The molecule has 0 fully saturated rings. The zero-order chi connectivity index (χ0) is 19.6. The number of nitrogens with zero attached hydrogens (tertiary/aromatic N) is 1. The van der Waals surface area contributed by atoms with Gasteiger partial charge in [0.2, 0.25) is 0 Å². The van der Waals surface area contributed by atoms with Crippen LogP contribution in [-0.2, 0) is 4.79 Å². The highest BCUT2D eigenvalue weighted by Gasteiger charge is 2.22. The van der Waals surface area contributed by atoms with Crippen LogP contribution >= 0.6 is 11.3 Å². The van der Waals surface area contributed by atoms with Crippen LogP contribution in [0.25, 0.3) is 11.1 Å². The van der Waals surface area contributed by atoms with Crippen LogP contribution in [0.15, 0.2) is 42.6 Å². The Morgan fingerprint density at radius 1 is 1.26 bits per heavy atom. The Balaban J connectivity index is 2.06. The van der Waals surface area contributed by atoms with E-state index in [1.807, 2.05) is 6.92 Å². The summed E-state index contributed by atoms with van der Waals surface area (Å²) in [5, 5.41) is 9.97. The Morgan fingerprint density at radius 2 is 2.04 bits per heavy atom. The largest absolute Gasteiger partial charge is 0.494 e. The van der Waals surface area contributed by atoms with Crippen molar-refractivity contribution >= 4 is 17.3 Å². The highest BCUT2D eigenvalue weighted by molar-refractivity contribution is 7.11.